The van der Waals surface area contributed by atoms with Crippen LogP contribution in [0.25, 0.3) is 11.1 Å². The molecule has 0 heterocycles. The Labute approximate surface area is 152 Å². The molecule has 26 heavy (non-hydrogen) atoms. The van der Waals surface area contributed by atoms with E-state index in [9.17, 15) is 19.8 Å². The molecule has 138 valence electrons. The van der Waals surface area contributed by atoms with Crippen LogP contribution < -0.4 is 0 Å². The molecule has 6 heteroatoms. The number of Topliss-reactive ketones (excluding diaryl/α,β-unsaturated/α-hetero) is 2. The van der Waals surface area contributed by atoms with E-state index in [1.807, 2.05) is 0 Å². The maximum Gasteiger partial charge on any atom is 0.163 e. The zero-order valence-corrected chi connectivity index (χ0v) is 15.3. The van der Waals surface area contributed by atoms with Gasteiger partial charge in [-0.1, -0.05) is 0 Å². The maximum absolute atomic E-state index is 11.9. The normalized spacial score (nSPS) is 10.8. The summed E-state index contributed by atoms with van der Waals surface area (Å²) in [6, 6.07) is 6.50. The van der Waals surface area contributed by atoms with E-state index in [-0.39, 0.29) is 47.4 Å². The van der Waals surface area contributed by atoms with Gasteiger partial charge < -0.3 is 19.7 Å². The van der Waals surface area contributed by atoms with Crippen LogP contribution in [-0.4, -0.2) is 36.0 Å². The largest absolute Gasteiger partial charge is 0.507 e. The Hall–Kier alpha value is -2.70. The van der Waals surface area contributed by atoms with E-state index in [0.29, 0.717) is 22.3 Å². The number of hydrogen-bond donors (Lipinski definition) is 2. The molecule has 0 aliphatic rings. The number of benzene rings is 2. The van der Waals surface area contributed by atoms with Gasteiger partial charge >= 0.3 is 0 Å². The molecule has 2 aromatic rings. The van der Waals surface area contributed by atoms with Gasteiger partial charge in [-0.25, -0.2) is 0 Å². The van der Waals surface area contributed by atoms with E-state index in [4.69, 9.17) is 9.47 Å². The Morgan fingerprint density at radius 2 is 1.15 bits per heavy atom. The van der Waals surface area contributed by atoms with Crippen molar-refractivity contribution in [2.24, 2.45) is 0 Å². The molecule has 0 aliphatic heterocycles. The van der Waals surface area contributed by atoms with E-state index >= 15 is 0 Å². The molecule has 0 atom stereocenters. The number of phenols is 2. The van der Waals surface area contributed by atoms with Crippen LogP contribution in [0.4, 0.5) is 0 Å². The summed E-state index contributed by atoms with van der Waals surface area (Å²) in [7, 11) is 3.04. The van der Waals surface area contributed by atoms with Gasteiger partial charge in [-0.05, 0) is 49.2 Å². The average Bonchev–Trinajstić information content (AvgIpc) is 2.58. The van der Waals surface area contributed by atoms with Crippen molar-refractivity contribution in [3.05, 3.63) is 46.5 Å². The van der Waals surface area contributed by atoms with Gasteiger partial charge in [0.05, 0.1) is 24.3 Å². The number of carbonyl (C=O) groups is 2. The fourth-order valence-electron chi connectivity index (χ4n) is 2.80. The van der Waals surface area contributed by atoms with Gasteiger partial charge in [0.1, 0.15) is 11.5 Å². The van der Waals surface area contributed by atoms with Crippen LogP contribution in [0, 0.1) is 0 Å². The lowest BCUT2D eigenvalue weighted by molar-refractivity contribution is 0.101. The molecular weight excluding hydrogens is 336 g/mol. The first-order valence-electron chi connectivity index (χ1n) is 8.02. The van der Waals surface area contributed by atoms with Crippen LogP contribution in [0.3, 0.4) is 0 Å². The Bertz CT molecular complexity index is 791. The predicted molar refractivity (Wildman–Crippen MR) is 96.6 cm³/mol. The maximum atomic E-state index is 11.9. The summed E-state index contributed by atoms with van der Waals surface area (Å²) < 4.78 is 10.3. The van der Waals surface area contributed by atoms with E-state index in [0.717, 1.165) is 0 Å². The van der Waals surface area contributed by atoms with Crippen molar-refractivity contribution >= 4 is 11.6 Å². The van der Waals surface area contributed by atoms with Gasteiger partial charge in [0.25, 0.3) is 0 Å². The summed E-state index contributed by atoms with van der Waals surface area (Å²) in [4.78, 5) is 23.7. The minimum atomic E-state index is -0.347. The van der Waals surface area contributed by atoms with Crippen molar-refractivity contribution < 1.29 is 29.3 Å². The highest BCUT2D eigenvalue weighted by Crippen LogP contribution is 2.35. The standard InChI is InChI=1S/C20H22O6/c1-11(21)17-7-14(8-18(12(2)22)20(17)24)13-5-15(9-25-3)19(23)16(6-13)10-26-4/h5-8,23-24H,9-10H2,1-4H3. The molecule has 0 bridgehead atoms. The molecule has 0 fully saturated rings. The third-order valence-corrected chi connectivity index (χ3v) is 4.07. The van der Waals surface area contributed by atoms with Crippen LogP contribution in [0.1, 0.15) is 45.7 Å². The molecule has 0 saturated heterocycles. The fraction of sp³-hybridized carbons (Fsp3) is 0.300. The number of phenolic OH excluding ortho intramolecular Hbond substituents is 2. The summed E-state index contributed by atoms with van der Waals surface area (Å²) in [6.45, 7) is 3.03. The molecular formula is C20H22O6. The SMILES string of the molecule is COCc1cc(-c2cc(C(C)=O)c(O)c(C(C)=O)c2)cc(COC)c1O. The molecule has 0 saturated carbocycles. The van der Waals surface area contributed by atoms with Gasteiger partial charge in [0.15, 0.2) is 11.6 Å². The lowest BCUT2D eigenvalue weighted by Gasteiger charge is -2.15. The van der Waals surface area contributed by atoms with Gasteiger partial charge in [-0.15, -0.1) is 0 Å². The van der Waals surface area contributed by atoms with Crippen molar-refractivity contribution in [2.45, 2.75) is 27.1 Å². The second kappa shape index (κ2) is 8.12. The highest BCUT2D eigenvalue weighted by molar-refractivity contribution is 6.05. The number of ketones is 2. The van der Waals surface area contributed by atoms with E-state index in [1.54, 1.807) is 12.1 Å². The molecule has 0 amide bonds. The Morgan fingerprint density at radius 1 is 0.769 bits per heavy atom. The Balaban J connectivity index is 2.74. The Kier molecular flexibility index (Phi) is 6.13. The van der Waals surface area contributed by atoms with Gasteiger partial charge in [-0.2, -0.15) is 0 Å². The number of hydrogen-bond acceptors (Lipinski definition) is 6. The zero-order valence-electron chi connectivity index (χ0n) is 15.3. The minimum absolute atomic E-state index is 0.0716. The molecule has 6 nitrogen and oxygen atoms in total. The number of ether oxygens (including phenoxy) is 2. The molecule has 0 aliphatic carbocycles. The van der Waals surface area contributed by atoms with Crippen molar-refractivity contribution in [1.29, 1.82) is 0 Å². The Morgan fingerprint density at radius 3 is 1.50 bits per heavy atom. The lowest BCUT2D eigenvalue weighted by atomic mass is 9.93. The summed E-state index contributed by atoms with van der Waals surface area (Å²) in [6.07, 6.45) is 0. The molecule has 0 aromatic heterocycles. The number of methoxy groups -OCH3 is 2. The minimum Gasteiger partial charge on any atom is -0.507 e. The topological polar surface area (TPSA) is 93.1 Å². The molecule has 0 unspecified atom stereocenters. The van der Waals surface area contributed by atoms with Crippen LogP contribution in [0.15, 0.2) is 24.3 Å². The van der Waals surface area contributed by atoms with Gasteiger partial charge in [0.2, 0.25) is 0 Å². The van der Waals surface area contributed by atoms with Crippen molar-refractivity contribution in [3.8, 4) is 22.6 Å². The van der Waals surface area contributed by atoms with Crippen molar-refractivity contribution in [3.63, 3.8) is 0 Å². The van der Waals surface area contributed by atoms with E-state index < -0.39 is 0 Å². The monoisotopic (exact) mass is 358 g/mol. The number of aromatic hydroxyl groups is 2. The van der Waals surface area contributed by atoms with E-state index in [2.05, 4.69) is 0 Å². The lowest BCUT2D eigenvalue weighted by Crippen LogP contribution is -2.02. The van der Waals surface area contributed by atoms with Crippen LogP contribution >= 0.6 is 0 Å². The highest BCUT2D eigenvalue weighted by Gasteiger charge is 2.18. The van der Waals surface area contributed by atoms with Gasteiger partial charge in [-0.3, -0.25) is 9.59 Å². The average molecular weight is 358 g/mol. The fourth-order valence-corrected chi connectivity index (χ4v) is 2.80. The third-order valence-electron chi connectivity index (χ3n) is 4.07. The van der Waals surface area contributed by atoms with E-state index in [1.165, 1.54) is 40.2 Å². The number of rotatable bonds is 7. The van der Waals surface area contributed by atoms with Crippen molar-refractivity contribution in [2.75, 3.05) is 14.2 Å². The van der Waals surface area contributed by atoms with Crippen LogP contribution in [-0.2, 0) is 22.7 Å². The summed E-state index contributed by atoms with van der Waals surface area (Å²) >= 11 is 0. The molecule has 2 rings (SSSR count). The second-order valence-electron chi connectivity index (χ2n) is 6.04. The molecule has 2 N–H and O–H groups in total. The zero-order chi connectivity index (χ0) is 19.4. The van der Waals surface area contributed by atoms with Crippen LogP contribution in [0.5, 0.6) is 11.5 Å². The second-order valence-corrected chi connectivity index (χ2v) is 6.04. The molecule has 2 aromatic carbocycles. The highest BCUT2D eigenvalue weighted by atomic mass is 16.5. The quantitative estimate of drug-likeness (QED) is 0.736. The summed E-state index contributed by atoms with van der Waals surface area (Å²) in [5.41, 5.74) is 2.50. The smallest absolute Gasteiger partial charge is 0.163 e. The van der Waals surface area contributed by atoms with Gasteiger partial charge in [0, 0.05) is 25.3 Å². The number of carbonyl (C=O) groups excluding carboxylic acids is 2. The first-order valence-corrected chi connectivity index (χ1v) is 8.02. The predicted octanol–water partition coefficient (Wildman–Crippen LogP) is 3.46. The summed E-state index contributed by atoms with van der Waals surface area (Å²) in [5.74, 6) is -0.934. The molecule has 0 spiro atoms. The third kappa shape index (κ3) is 3.92. The van der Waals surface area contributed by atoms with Crippen LogP contribution in [0.2, 0.25) is 0 Å². The first kappa shape index (κ1) is 19.6. The first-order chi connectivity index (χ1) is 12.3. The van der Waals surface area contributed by atoms with Crippen molar-refractivity contribution in [1.82, 2.24) is 0 Å². The molecule has 0 radical (unpaired) electrons. The summed E-state index contributed by atoms with van der Waals surface area (Å²) in [5, 5.41) is 20.5.